The molecule has 1 saturated heterocycles. The highest BCUT2D eigenvalue weighted by molar-refractivity contribution is 6.12. The topological polar surface area (TPSA) is 105 Å². The number of carbonyl (C=O) groups is 3. The number of fused-ring (bicyclic) bond motifs is 2. The van der Waals surface area contributed by atoms with Gasteiger partial charge in [0.05, 0.1) is 43.3 Å². The van der Waals surface area contributed by atoms with E-state index in [4.69, 9.17) is 9.47 Å². The van der Waals surface area contributed by atoms with Gasteiger partial charge in [-0.05, 0) is 97.0 Å². The van der Waals surface area contributed by atoms with Gasteiger partial charge in [0.25, 0.3) is 11.8 Å². The molecule has 12 nitrogen and oxygen atoms in total. The number of alkyl halides is 2. The van der Waals surface area contributed by atoms with Crippen LogP contribution in [-0.2, 0) is 48.9 Å². The minimum atomic E-state index is -2.88. The van der Waals surface area contributed by atoms with Gasteiger partial charge < -0.3 is 23.8 Å². The van der Waals surface area contributed by atoms with Crippen molar-refractivity contribution in [2.75, 3.05) is 50.9 Å². The third-order valence-corrected chi connectivity index (χ3v) is 13.1. The molecule has 336 valence electrons. The van der Waals surface area contributed by atoms with Crippen molar-refractivity contribution in [3.63, 3.8) is 0 Å². The van der Waals surface area contributed by atoms with Crippen molar-refractivity contribution >= 4 is 29.1 Å². The Morgan fingerprint density at radius 1 is 0.846 bits per heavy atom. The molecule has 2 aromatic heterocycles. The summed E-state index contributed by atoms with van der Waals surface area (Å²) in [5.74, 6) is 0.188. The number of aromatic nitrogens is 3. The van der Waals surface area contributed by atoms with Gasteiger partial charge in [0.2, 0.25) is 5.91 Å². The Morgan fingerprint density at radius 3 is 2.32 bits per heavy atom. The number of hydrogen-bond donors (Lipinski definition) is 0. The number of anilines is 2. The maximum Gasteiger partial charge on any atom is 0.333 e. The van der Waals surface area contributed by atoms with Gasteiger partial charge in [-0.3, -0.25) is 24.2 Å². The molecule has 0 N–H and O–H groups in total. The van der Waals surface area contributed by atoms with Crippen molar-refractivity contribution in [2.45, 2.75) is 58.8 Å². The first-order valence-corrected chi connectivity index (χ1v) is 22.2. The molecule has 65 heavy (non-hydrogen) atoms. The zero-order valence-electron chi connectivity index (χ0n) is 37.0. The molecule has 3 aliphatic heterocycles. The first-order valence-electron chi connectivity index (χ1n) is 22.2. The Kier molecular flexibility index (Phi) is 12.6. The van der Waals surface area contributed by atoms with Crippen molar-refractivity contribution in [1.29, 1.82) is 0 Å². The summed E-state index contributed by atoms with van der Waals surface area (Å²) in [6.45, 7) is 7.06. The first kappa shape index (κ1) is 43.6. The van der Waals surface area contributed by atoms with Crippen LogP contribution >= 0.6 is 0 Å². The Hall–Kier alpha value is -6.64. The van der Waals surface area contributed by atoms with Crippen molar-refractivity contribution in [3.05, 3.63) is 154 Å². The summed E-state index contributed by atoms with van der Waals surface area (Å²) in [5.41, 5.74) is 8.60. The van der Waals surface area contributed by atoms with Crippen molar-refractivity contribution < 1.29 is 32.6 Å². The molecule has 0 aliphatic carbocycles. The number of morpholine rings is 1. The summed E-state index contributed by atoms with van der Waals surface area (Å²) in [6.07, 6.45) is 3.94. The van der Waals surface area contributed by atoms with Crippen LogP contribution in [0.1, 0.15) is 67.7 Å². The van der Waals surface area contributed by atoms with E-state index in [2.05, 4.69) is 35.1 Å². The van der Waals surface area contributed by atoms with Crippen LogP contribution < -0.4 is 9.64 Å². The first-order chi connectivity index (χ1) is 31.5. The van der Waals surface area contributed by atoms with Gasteiger partial charge in [-0.2, -0.15) is 13.9 Å². The van der Waals surface area contributed by atoms with Gasteiger partial charge in [-0.15, -0.1) is 0 Å². The summed E-state index contributed by atoms with van der Waals surface area (Å²) < 4.78 is 41.3. The van der Waals surface area contributed by atoms with E-state index in [1.807, 2.05) is 76.9 Å². The standard InChI is InChI=1S/C51H53F2N7O5/c1-34-25-37-9-7-8-10-39(37)32-58(34)49(62)46-28-40-31-57(48(61)26-36-13-15-43(16-14-36)65-24-21-56-19-22-64-23-20-56)18-17-38(40)27-45(46)47-29-44(35(2)55(47)3)50(63)60(41-11-5-4-6-12-41)42-30-54-59(33-42)51(52)53/h4-16,27-30,33-34,51H,17-26,31-32H2,1-3H3/t34-/m1/s1. The fourth-order valence-corrected chi connectivity index (χ4v) is 9.23. The third-order valence-electron chi connectivity index (χ3n) is 13.1. The predicted octanol–water partition coefficient (Wildman–Crippen LogP) is 8.00. The number of halogens is 2. The highest BCUT2D eigenvalue weighted by Gasteiger charge is 2.33. The average molecular weight is 882 g/mol. The number of amides is 3. The quantitative estimate of drug-likeness (QED) is 0.123. The van der Waals surface area contributed by atoms with Crippen LogP contribution in [0.25, 0.3) is 11.3 Å². The average Bonchev–Trinajstić information content (AvgIpc) is 3.93. The van der Waals surface area contributed by atoms with Crippen LogP contribution in [-0.4, -0.2) is 98.8 Å². The lowest BCUT2D eigenvalue weighted by Crippen LogP contribution is -2.43. The summed E-state index contributed by atoms with van der Waals surface area (Å²) in [4.78, 5) is 51.2. The molecule has 1 fully saturated rings. The maximum absolute atomic E-state index is 15.1. The molecule has 6 aromatic rings. The van der Waals surface area contributed by atoms with Crippen LogP contribution in [0.3, 0.4) is 0 Å². The monoisotopic (exact) mass is 881 g/mol. The second-order valence-corrected chi connectivity index (χ2v) is 17.1. The predicted molar refractivity (Wildman–Crippen MR) is 243 cm³/mol. The number of para-hydroxylation sites is 1. The van der Waals surface area contributed by atoms with Crippen LogP contribution in [0.15, 0.2) is 109 Å². The lowest BCUT2D eigenvalue weighted by atomic mass is 9.89. The van der Waals surface area contributed by atoms with Gasteiger partial charge in [0.15, 0.2) is 0 Å². The molecule has 4 aromatic carbocycles. The fraction of sp³-hybridized carbons (Fsp3) is 0.333. The molecule has 0 radical (unpaired) electrons. The second kappa shape index (κ2) is 18.8. The highest BCUT2D eigenvalue weighted by Crippen LogP contribution is 2.37. The number of ether oxygens (including phenoxy) is 2. The number of carbonyl (C=O) groups excluding carboxylic acids is 3. The molecule has 3 aliphatic rings. The SMILES string of the molecule is Cc1c(C(=O)N(c2ccccc2)c2cnn(C(F)F)c2)cc(-c2cc3c(cc2C(=O)N2Cc4ccccc4C[C@H]2C)CN(C(=O)Cc2ccc(OCCN4CCOCC4)cc2)CC3)n1C. The zero-order valence-corrected chi connectivity index (χ0v) is 37.0. The zero-order chi connectivity index (χ0) is 45.2. The Bertz CT molecular complexity index is 2690. The van der Waals surface area contributed by atoms with E-state index in [-0.39, 0.29) is 30.0 Å². The number of nitrogens with zero attached hydrogens (tertiary/aromatic N) is 7. The lowest BCUT2D eigenvalue weighted by molar-refractivity contribution is -0.131. The molecule has 5 heterocycles. The van der Waals surface area contributed by atoms with E-state index >= 15 is 4.79 Å². The van der Waals surface area contributed by atoms with E-state index in [0.29, 0.717) is 77.5 Å². The van der Waals surface area contributed by atoms with E-state index < -0.39 is 12.5 Å². The van der Waals surface area contributed by atoms with Gasteiger partial charge in [-0.25, -0.2) is 4.68 Å². The van der Waals surface area contributed by atoms with Crippen LogP contribution in [0.5, 0.6) is 5.75 Å². The number of benzene rings is 4. The van der Waals surface area contributed by atoms with Gasteiger partial charge >= 0.3 is 6.55 Å². The van der Waals surface area contributed by atoms with E-state index in [0.717, 1.165) is 67.0 Å². The molecule has 0 saturated carbocycles. The fourth-order valence-electron chi connectivity index (χ4n) is 9.23. The van der Waals surface area contributed by atoms with E-state index in [1.165, 1.54) is 16.7 Å². The van der Waals surface area contributed by atoms with Gasteiger partial charge in [0.1, 0.15) is 12.4 Å². The molecule has 9 rings (SSSR count). The molecular formula is C51H53F2N7O5. The Balaban J connectivity index is 1.01. The number of rotatable bonds is 12. The smallest absolute Gasteiger partial charge is 0.333 e. The molecular weight excluding hydrogens is 829 g/mol. The number of hydrogen-bond acceptors (Lipinski definition) is 7. The molecule has 1 atom stereocenters. The normalized spacial score (nSPS) is 16.3. The minimum Gasteiger partial charge on any atom is -0.492 e. The molecule has 3 amide bonds. The highest BCUT2D eigenvalue weighted by atomic mass is 19.3. The van der Waals surface area contributed by atoms with E-state index in [9.17, 15) is 18.4 Å². The minimum absolute atomic E-state index is 0.00174. The lowest BCUT2D eigenvalue weighted by Gasteiger charge is -2.36. The van der Waals surface area contributed by atoms with Crippen molar-refractivity contribution in [1.82, 2.24) is 29.0 Å². The summed E-state index contributed by atoms with van der Waals surface area (Å²) in [7, 11) is 1.86. The molecule has 0 bridgehead atoms. The third kappa shape index (κ3) is 9.18. The summed E-state index contributed by atoms with van der Waals surface area (Å²) in [5, 5.41) is 3.82. The molecule has 0 spiro atoms. The molecule has 0 unspecified atom stereocenters. The van der Waals surface area contributed by atoms with Crippen LogP contribution in [0.2, 0.25) is 0 Å². The van der Waals surface area contributed by atoms with Gasteiger partial charge in [-0.1, -0.05) is 54.6 Å². The second-order valence-electron chi connectivity index (χ2n) is 17.1. The summed E-state index contributed by atoms with van der Waals surface area (Å²) >= 11 is 0. The van der Waals surface area contributed by atoms with Crippen LogP contribution in [0, 0.1) is 6.92 Å². The van der Waals surface area contributed by atoms with Crippen LogP contribution in [0.4, 0.5) is 20.2 Å². The van der Waals surface area contributed by atoms with E-state index in [1.54, 1.807) is 30.3 Å². The van der Waals surface area contributed by atoms with Crippen molar-refractivity contribution in [3.8, 4) is 17.0 Å². The Morgan fingerprint density at radius 2 is 1.58 bits per heavy atom. The van der Waals surface area contributed by atoms with Gasteiger partial charge in [0, 0.05) is 80.6 Å². The van der Waals surface area contributed by atoms with Crippen molar-refractivity contribution in [2.24, 2.45) is 7.05 Å². The Labute approximate surface area is 377 Å². The largest absolute Gasteiger partial charge is 0.492 e. The maximum atomic E-state index is 15.1. The molecule has 14 heteroatoms. The summed E-state index contributed by atoms with van der Waals surface area (Å²) in [6, 6.07) is 30.5.